The molecule has 2 fully saturated rings. The molecule has 2 aliphatic carbocycles. The molecule has 1 amide bonds. The van der Waals surface area contributed by atoms with E-state index in [0.29, 0.717) is 46.7 Å². The molecule has 5 aromatic rings. The molecule has 0 aliphatic heterocycles. The molecule has 9 nitrogen and oxygen atoms in total. The number of methoxy groups -OCH3 is 1. The smallest absolute Gasteiger partial charge is 0.257 e. The zero-order chi connectivity index (χ0) is 28.7. The Balaban J connectivity index is 1.11. The van der Waals surface area contributed by atoms with Crippen molar-refractivity contribution in [2.24, 2.45) is 5.92 Å². The molecule has 0 unspecified atom stereocenters. The van der Waals surface area contributed by atoms with Crippen molar-refractivity contribution in [1.82, 2.24) is 15.5 Å². The third-order valence-corrected chi connectivity index (χ3v) is 8.00. The van der Waals surface area contributed by atoms with Gasteiger partial charge in [-0.05, 0) is 92.2 Å². The van der Waals surface area contributed by atoms with Crippen molar-refractivity contribution in [1.29, 1.82) is 0 Å². The summed E-state index contributed by atoms with van der Waals surface area (Å²) in [6.45, 7) is 3.45. The van der Waals surface area contributed by atoms with Crippen molar-refractivity contribution in [3.8, 4) is 23.0 Å². The molecule has 2 saturated carbocycles. The minimum atomic E-state index is -0.265. The van der Waals surface area contributed by atoms with E-state index in [-0.39, 0.29) is 11.4 Å². The molecule has 42 heavy (non-hydrogen) atoms. The van der Waals surface area contributed by atoms with Gasteiger partial charge in [-0.25, -0.2) is 0 Å². The minimum Gasteiger partial charge on any atom is -0.493 e. The predicted molar refractivity (Wildman–Crippen MR) is 160 cm³/mol. The number of aryl methyl sites for hydroxylation is 1. The van der Waals surface area contributed by atoms with Crippen LogP contribution in [-0.4, -0.2) is 41.8 Å². The Morgan fingerprint density at radius 2 is 1.90 bits per heavy atom. The molecule has 214 valence electrons. The van der Waals surface area contributed by atoms with Crippen LogP contribution in [0.2, 0.25) is 0 Å². The van der Waals surface area contributed by atoms with Gasteiger partial charge in [-0.3, -0.25) is 9.78 Å². The highest BCUT2D eigenvalue weighted by molar-refractivity contribution is 6.12. The molecule has 7 rings (SSSR count). The second-order valence-corrected chi connectivity index (χ2v) is 11.3. The number of ether oxygens (including phenoxy) is 3. The molecule has 0 spiro atoms. The number of hydrogen-bond donors (Lipinski definition) is 2. The zero-order valence-electron chi connectivity index (χ0n) is 23.6. The lowest BCUT2D eigenvalue weighted by Gasteiger charge is -2.20. The van der Waals surface area contributed by atoms with E-state index in [2.05, 4.69) is 20.8 Å². The summed E-state index contributed by atoms with van der Waals surface area (Å²) in [6, 6.07) is 18.6. The number of hydrogen-bond acceptors (Lipinski definition) is 8. The third kappa shape index (κ3) is 5.47. The van der Waals surface area contributed by atoms with Crippen LogP contribution in [0, 0.1) is 12.8 Å². The summed E-state index contributed by atoms with van der Waals surface area (Å²) in [4.78, 5) is 17.5. The minimum absolute atomic E-state index is 0.0761. The number of amides is 1. The van der Waals surface area contributed by atoms with Gasteiger partial charge in [0.15, 0.2) is 17.3 Å². The monoisotopic (exact) mass is 564 g/mol. The molecule has 3 aromatic carbocycles. The molecule has 0 atom stereocenters. The highest BCUT2D eigenvalue weighted by Gasteiger charge is 2.44. The SMILES string of the molecule is COc1cc2c(Oc3ccc4c(C(=O)Nc5cc(C)on5)cccc4c3)ccnc2cc1OCC1(NCC2CC2)CC1. The van der Waals surface area contributed by atoms with Crippen LogP contribution in [0.1, 0.15) is 41.8 Å². The summed E-state index contributed by atoms with van der Waals surface area (Å²) in [6.07, 6.45) is 6.65. The van der Waals surface area contributed by atoms with Gasteiger partial charge in [0.2, 0.25) is 0 Å². The predicted octanol–water partition coefficient (Wildman–Crippen LogP) is 6.65. The zero-order valence-corrected chi connectivity index (χ0v) is 23.6. The van der Waals surface area contributed by atoms with Crippen LogP contribution >= 0.6 is 0 Å². The van der Waals surface area contributed by atoms with Crippen molar-refractivity contribution in [3.05, 3.63) is 78.2 Å². The Hall–Kier alpha value is -4.63. The van der Waals surface area contributed by atoms with E-state index in [1.165, 1.54) is 12.8 Å². The van der Waals surface area contributed by atoms with Gasteiger partial charge in [0.1, 0.15) is 23.9 Å². The van der Waals surface area contributed by atoms with Gasteiger partial charge in [0, 0.05) is 29.3 Å². The number of pyridine rings is 1. The molecule has 9 heteroatoms. The number of benzene rings is 3. The van der Waals surface area contributed by atoms with Crippen LogP contribution in [0.15, 0.2) is 71.4 Å². The summed E-state index contributed by atoms with van der Waals surface area (Å²) in [5, 5.41) is 12.8. The number of fused-ring (bicyclic) bond motifs is 2. The van der Waals surface area contributed by atoms with Gasteiger partial charge >= 0.3 is 0 Å². The lowest BCUT2D eigenvalue weighted by Crippen LogP contribution is -2.38. The van der Waals surface area contributed by atoms with Crippen LogP contribution in [-0.2, 0) is 0 Å². The van der Waals surface area contributed by atoms with Gasteiger partial charge in [0.05, 0.1) is 18.2 Å². The van der Waals surface area contributed by atoms with Crippen LogP contribution in [0.5, 0.6) is 23.0 Å². The third-order valence-electron chi connectivity index (χ3n) is 8.00. The van der Waals surface area contributed by atoms with Crippen LogP contribution in [0.4, 0.5) is 5.82 Å². The summed E-state index contributed by atoms with van der Waals surface area (Å²) in [5.41, 5.74) is 1.36. The molecule has 2 aliphatic rings. The first-order chi connectivity index (χ1) is 20.5. The number of aromatic nitrogens is 2. The quantitative estimate of drug-likeness (QED) is 0.184. The van der Waals surface area contributed by atoms with E-state index in [1.54, 1.807) is 32.4 Å². The molecule has 0 saturated heterocycles. The summed E-state index contributed by atoms with van der Waals surface area (Å²) >= 11 is 0. The largest absolute Gasteiger partial charge is 0.493 e. The van der Waals surface area contributed by atoms with Gasteiger partial charge < -0.3 is 29.4 Å². The summed E-state index contributed by atoms with van der Waals surface area (Å²) in [5.74, 6) is 4.15. The lowest BCUT2D eigenvalue weighted by molar-refractivity contribution is 0.102. The Morgan fingerprint density at radius 3 is 2.67 bits per heavy atom. The van der Waals surface area contributed by atoms with Crippen molar-refractivity contribution >= 4 is 33.4 Å². The number of carbonyl (C=O) groups excluding carboxylic acids is 1. The van der Waals surface area contributed by atoms with E-state index in [9.17, 15) is 4.79 Å². The van der Waals surface area contributed by atoms with Gasteiger partial charge in [-0.15, -0.1) is 0 Å². The van der Waals surface area contributed by atoms with Crippen LogP contribution in [0.25, 0.3) is 21.7 Å². The first-order valence-electron chi connectivity index (χ1n) is 14.3. The number of anilines is 1. The fourth-order valence-electron chi connectivity index (χ4n) is 5.17. The molecule has 0 radical (unpaired) electrons. The Kier molecular flexibility index (Phi) is 6.66. The Bertz CT molecular complexity index is 1790. The van der Waals surface area contributed by atoms with E-state index in [0.717, 1.165) is 47.0 Å². The maximum atomic E-state index is 13.0. The van der Waals surface area contributed by atoms with E-state index in [1.807, 2.05) is 48.5 Å². The molecule has 2 N–H and O–H groups in total. The van der Waals surface area contributed by atoms with Gasteiger partial charge in [-0.1, -0.05) is 17.3 Å². The maximum absolute atomic E-state index is 13.0. The van der Waals surface area contributed by atoms with Crippen molar-refractivity contribution in [2.75, 3.05) is 25.6 Å². The first kappa shape index (κ1) is 26.3. The van der Waals surface area contributed by atoms with Gasteiger partial charge in [-0.2, -0.15) is 0 Å². The van der Waals surface area contributed by atoms with Gasteiger partial charge in [0.25, 0.3) is 5.91 Å². The second-order valence-electron chi connectivity index (χ2n) is 11.3. The molecule has 2 heterocycles. The molecular weight excluding hydrogens is 532 g/mol. The summed E-state index contributed by atoms with van der Waals surface area (Å²) in [7, 11) is 1.64. The Morgan fingerprint density at radius 1 is 1.02 bits per heavy atom. The maximum Gasteiger partial charge on any atom is 0.257 e. The van der Waals surface area contributed by atoms with Crippen LogP contribution < -0.4 is 24.8 Å². The molecule has 0 bridgehead atoms. The topological polar surface area (TPSA) is 108 Å². The fraction of sp³-hybridized carbons (Fsp3) is 0.303. The normalized spacial score (nSPS) is 15.5. The molecule has 2 aromatic heterocycles. The molecular formula is C33H32N4O5. The average Bonchev–Trinajstić information content (AvgIpc) is 3.93. The van der Waals surface area contributed by atoms with Crippen molar-refractivity contribution in [3.63, 3.8) is 0 Å². The van der Waals surface area contributed by atoms with Crippen molar-refractivity contribution in [2.45, 2.75) is 38.1 Å². The van der Waals surface area contributed by atoms with E-state index < -0.39 is 0 Å². The first-order valence-corrected chi connectivity index (χ1v) is 14.3. The summed E-state index contributed by atoms with van der Waals surface area (Å²) < 4.78 is 23.4. The number of rotatable bonds is 11. The average molecular weight is 565 g/mol. The van der Waals surface area contributed by atoms with E-state index in [4.69, 9.17) is 18.7 Å². The Labute approximate surface area is 243 Å². The number of nitrogens with zero attached hydrogens (tertiary/aromatic N) is 2. The van der Waals surface area contributed by atoms with Crippen LogP contribution in [0.3, 0.4) is 0 Å². The fourth-order valence-corrected chi connectivity index (χ4v) is 5.17. The van der Waals surface area contributed by atoms with Crippen molar-refractivity contribution < 1.29 is 23.5 Å². The number of carbonyl (C=O) groups is 1. The number of nitrogens with one attached hydrogen (secondary N) is 2. The highest BCUT2D eigenvalue weighted by atomic mass is 16.5. The van der Waals surface area contributed by atoms with E-state index >= 15 is 0 Å². The lowest BCUT2D eigenvalue weighted by atomic mass is 10.0. The second kappa shape index (κ2) is 10.6. The standard InChI is InChI=1S/C33H32N4O5/c1-20-14-31(37-42-20)36-32(38)25-5-3-4-22-15-23(8-9-24(22)25)41-28-10-13-34-27-17-30(29(39-2)16-26(27)28)40-19-33(11-12-33)35-18-21-6-7-21/h3-5,8-10,13-17,21,35H,6-7,11-12,18-19H2,1-2H3,(H,36,37,38). The highest BCUT2D eigenvalue weighted by Crippen LogP contribution is 2.41.